The van der Waals surface area contributed by atoms with Crippen molar-refractivity contribution in [1.82, 2.24) is 4.57 Å². The molecule has 0 saturated heterocycles. The number of aromatic nitrogens is 1. The summed E-state index contributed by atoms with van der Waals surface area (Å²) in [5, 5.41) is 3.35. The van der Waals surface area contributed by atoms with E-state index < -0.39 is 17.8 Å². The van der Waals surface area contributed by atoms with Crippen LogP contribution in [0.1, 0.15) is 41.1 Å². The number of fused-ring (bicyclic) bond motifs is 2. The number of para-hydroxylation sites is 1. The number of hydrogen-bond acceptors (Lipinski definition) is 9. The van der Waals surface area contributed by atoms with E-state index in [1.54, 1.807) is 11.5 Å². The summed E-state index contributed by atoms with van der Waals surface area (Å²) in [6.45, 7) is 4.12. The molecule has 0 bridgehead atoms. The van der Waals surface area contributed by atoms with E-state index in [4.69, 9.17) is 9.47 Å². The highest BCUT2D eigenvalue weighted by Crippen LogP contribution is 2.40. The molecular formula is C26H29N3O6S3. The third kappa shape index (κ3) is 6.54. The van der Waals surface area contributed by atoms with E-state index in [9.17, 15) is 19.2 Å². The summed E-state index contributed by atoms with van der Waals surface area (Å²) >= 11 is 3.87. The normalized spacial score (nSPS) is 15.2. The Morgan fingerprint density at radius 3 is 2.74 bits per heavy atom. The summed E-state index contributed by atoms with van der Waals surface area (Å²) in [6, 6.07) is 7.49. The van der Waals surface area contributed by atoms with Crippen molar-refractivity contribution in [2.24, 2.45) is 10.9 Å². The van der Waals surface area contributed by atoms with Gasteiger partial charge in [-0.25, -0.2) is 4.79 Å². The van der Waals surface area contributed by atoms with Gasteiger partial charge in [-0.15, -0.1) is 23.1 Å². The summed E-state index contributed by atoms with van der Waals surface area (Å²) in [5.41, 5.74) is 2.20. The van der Waals surface area contributed by atoms with Gasteiger partial charge < -0.3 is 19.4 Å². The molecule has 1 atom stereocenters. The van der Waals surface area contributed by atoms with Crippen molar-refractivity contribution in [1.29, 1.82) is 0 Å². The third-order valence-corrected chi connectivity index (χ3v) is 9.16. The zero-order valence-electron chi connectivity index (χ0n) is 21.4. The Bertz CT molecular complexity index is 1440. The largest absolute Gasteiger partial charge is 0.465 e. The van der Waals surface area contributed by atoms with Crippen LogP contribution >= 0.6 is 34.4 Å². The van der Waals surface area contributed by atoms with Gasteiger partial charge in [-0.3, -0.25) is 14.4 Å². The average molecular weight is 576 g/mol. The SMILES string of the molecule is CCOC(=O)Cn1c(=NC(=O)CSCC(=O)Nc2sc3c(c2C(=O)OC)CCC(C)C3)sc2ccccc21. The van der Waals surface area contributed by atoms with E-state index in [2.05, 4.69) is 17.2 Å². The number of hydrogen-bond donors (Lipinski definition) is 1. The third-order valence-electron chi connectivity index (χ3n) is 6.01. The molecule has 4 rings (SSSR count). The Kier molecular flexibility index (Phi) is 9.40. The highest BCUT2D eigenvalue weighted by Gasteiger charge is 2.28. The molecule has 1 aliphatic carbocycles. The molecule has 1 unspecified atom stereocenters. The number of anilines is 1. The molecule has 1 aliphatic rings. The van der Waals surface area contributed by atoms with Crippen LogP contribution in [0.15, 0.2) is 29.3 Å². The Morgan fingerprint density at radius 2 is 1.97 bits per heavy atom. The fourth-order valence-corrected chi connectivity index (χ4v) is 7.34. The monoisotopic (exact) mass is 575 g/mol. The number of amides is 2. The molecule has 0 fully saturated rings. The maximum absolute atomic E-state index is 12.7. The highest BCUT2D eigenvalue weighted by atomic mass is 32.2. The minimum Gasteiger partial charge on any atom is -0.465 e. The highest BCUT2D eigenvalue weighted by molar-refractivity contribution is 8.00. The first-order valence-corrected chi connectivity index (χ1v) is 15.0. The summed E-state index contributed by atoms with van der Waals surface area (Å²) in [5.74, 6) is -1.04. The van der Waals surface area contributed by atoms with Crippen molar-refractivity contribution >= 4 is 73.4 Å². The van der Waals surface area contributed by atoms with Crippen molar-refractivity contribution in [2.45, 2.75) is 39.7 Å². The van der Waals surface area contributed by atoms with Crippen molar-refractivity contribution < 1.29 is 28.7 Å². The molecule has 2 aromatic heterocycles. The van der Waals surface area contributed by atoms with Gasteiger partial charge in [0.2, 0.25) is 5.91 Å². The van der Waals surface area contributed by atoms with Crippen LogP contribution in [0.5, 0.6) is 0 Å². The van der Waals surface area contributed by atoms with Gasteiger partial charge >= 0.3 is 11.9 Å². The predicted molar refractivity (Wildman–Crippen MR) is 150 cm³/mol. The van der Waals surface area contributed by atoms with Crippen LogP contribution < -0.4 is 10.1 Å². The second-order valence-corrected chi connectivity index (χ2v) is 11.9. The Morgan fingerprint density at radius 1 is 1.18 bits per heavy atom. The van der Waals surface area contributed by atoms with Crippen molar-refractivity contribution in [3.05, 3.63) is 45.1 Å². The number of thioether (sulfide) groups is 1. The molecule has 0 spiro atoms. The summed E-state index contributed by atoms with van der Waals surface area (Å²) < 4.78 is 12.6. The molecule has 12 heteroatoms. The molecule has 1 N–H and O–H groups in total. The van der Waals surface area contributed by atoms with Crippen LogP contribution in [-0.4, -0.2) is 53.5 Å². The van der Waals surface area contributed by atoms with E-state index in [1.807, 2.05) is 24.3 Å². The summed E-state index contributed by atoms with van der Waals surface area (Å²) in [6.07, 6.45) is 2.65. The first-order valence-electron chi connectivity index (χ1n) is 12.2. The van der Waals surface area contributed by atoms with Crippen molar-refractivity contribution in [3.63, 3.8) is 0 Å². The molecule has 2 heterocycles. The van der Waals surface area contributed by atoms with Gasteiger partial charge in [0, 0.05) is 4.88 Å². The molecular weight excluding hydrogens is 547 g/mol. The number of thiazole rings is 1. The number of nitrogens with one attached hydrogen (secondary N) is 1. The lowest BCUT2D eigenvalue weighted by atomic mass is 9.88. The predicted octanol–water partition coefficient (Wildman–Crippen LogP) is 4.04. The zero-order chi connectivity index (χ0) is 27.2. The van der Waals surface area contributed by atoms with Gasteiger partial charge in [-0.1, -0.05) is 30.4 Å². The quantitative estimate of drug-likeness (QED) is 0.383. The number of methoxy groups -OCH3 is 1. The maximum atomic E-state index is 12.7. The molecule has 0 radical (unpaired) electrons. The topological polar surface area (TPSA) is 116 Å². The van der Waals surface area contributed by atoms with Crippen LogP contribution in [0.25, 0.3) is 10.2 Å². The maximum Gasteiger partial charge on any atom is 0.341 e. The molecule has 0 aliphatic heterocycles. The molecule has 202 valence electrons. The number of carbonyl (C=O) groups excluding carboxylic acids is 4. The van der Waals surface area contributed by atoms with Gasteiger partial charge in [-0.05, 0) is 49.8 Å². The van der Waals surface area contributed by atoms with E-state index in [0.29, 0.717) is 21.3 Å². The second kappa shape index (κ2) is 12.7. The van der Waals surface area contributed by atoms with E-state index >= 15 is 0 Å². The summed E-state index contributed by atoms with van der Waals surface area (Å²) in [4.78, 5) is 55.6. The number of carbonyl (C=O) groups is 4. The minimum atomic E-state index is -0.451. The average Bonchev–Trinajstić information content (AvgIpc) is 3.40. The van der Waals surface area contributed by atoms with Gasteiger partial charge in [0.25, 0.3) is 5.91 Å². The van der Waals surface area contributed by atoms with Crippen LogP contribution in [-0.2, 0) is 43.2 Å². The molecule has 2 amide bonds. The fourth-order valence-electron chi connectivity index (χ4n) is 4.28. The second-order valence-electron chi connectivity index (χ2n) is 8.84. The molecule has 0 saturated carbocycles. The number of thiophene rings is 1. The van der Waals surface area contributed by atoms with Crippen LogP contribution in [0.2, 0.25) is 0 Å². The smallest absolute Gasteiger partial charge is 0.341 e. The van der Waals surface area contributed by atoms with Gasteiger partial charge in [0.05, 0.1) is 41.0 Å². The molecule has 3 aromatic rings. The summed E-state index contributed by atoms with van der Waals surface area (Å²) in [7, 11) is 1.33. The van der Waals surface area contributed by atoms with E-state index in [-0.39, 0.29) is 30.6 Å². The van der Waals surface area contributed by atoms with Crippen LogP contribution in [0.3, 0.4) is 0 Å². The van der Waals surface area contributed by atoms with Crippen molar-refractivity contribution in [2.75, 3.05) is 30.5 Å². The lowest BCUT2D eigenvalue weighted by Crippen LogP contribution is -2.23. The van der Waals surface area contributed by atoms with E-state index in [1.165, 1.54) is 29.8 Å². The van der Waals surface area contributed by atoms with Crippen LogP contribution in [0.4, 0.5) is 5.00 Å². The zero-order valence-corrected chi connectivity index (χ0v) is 23.9. The van der Waals surface area contributed by atoms with Gasteiger partial charge in [0.15, 0.2) is 4.80 Å². The van der Waals surface area contributed by atoms with Crippen molar-refractivity contribution in [3.8, 4) is 0 Å². The van der Waals surface area contributed by atoms with Gasteiger partial charge in [0.1, 0.15) is 11.5 Å². The number of esters is 2. The Balaban J connectivity index is 1.41. The number of rotatable bonds is 9. The number of benzene rings is 1. The first kappa shape index (κ1) is 28.1. The Hall–Kier alpha value is -2.96. The Labute approximate surface area is 232 Å². The standard InChI is InChI=1S/C26H29N3O6S3/c1-4-35-22(32)12-29-17-7-5-6-8-18(17)38-26(29)28-21(31)14-36-13-20(30)27-24-23(25(33)34-3)16-10-9-15(2)11-19(16)37-24/h5-8,15H,4,9-14H2,1-3H3,(H,27,30). The van der Waals surface area contributed by atoms with E-state index in [0.717, 1.165) is 51.7 Å². The molecule has 1 aromatic carbocycles. The molecule has 38 heavy (non-hydrogen) atoms. The minimum absolute atomic E-state index is 0.0105. The van der Waals surface area contributed by atoms with Crippen LogP contribution in [0, 0.1) is 5.92 Å². The lowest BCUT2D eigenvalue weighted by Gasteiger charge is -2.18. The number of nitrogens with zero attached hydrogens (tertiary/aromatic N) is 2. The number of ether oxygens (including phenoxy) is 2. The fraction of sp³-hybridized carbons (Fsp3) is 0.423. The van der Waals surface area contributed by atoms with Gasteiger partial charge in [-0.2, -0.15) is 4.99 Å². The first-order chi connectivity index (χ1) is 18.3. The lowest BCUT2D eigenvalue weighted by molar-refractivity contribution is -0.143. The molecule has 9 nitrogen and oxygen atoms in total.